The highest BCUT2D eigenvalue weighted by Gasteiger charge is 2.18. The molecule has 0 aliphatic carbocycles. The lowest BCUT2D eigenvalue weighted by molar-refractivity contribution is -0.116. The number of aromatic nitrogens is 2. The number of anilines is 1. The van der Waals surface area contributed by atoms with Crippen molar-refractivity contribution in [3.8, 4) is 5.69 Å². The SMILES string of the molecule is Cc1ccn(-c2ccccc2NC(=O)CC2CCCN2)n1. The minimum atomic E-state index is 0.0470. The molecule has 0 radical (unpaired) electrons. The maximum absolute atomic E-state index is 12.2. The molecule has 3 rings (SSSR count). The average molecular weight is 284 g/mol. The minimum Gasteiger partial charge on any atom is -0.324 e. The highest BCUT2D eigenvalue weighted by atomic mass is 16.1. The predicted molar refractivity (Wildman–Crippen MR) is 82.6 cm³/mol. The van der Waals surface area contributed by atoms with Crippen molar-refractivity contribution in [3.05, 3.63) is 42.2 Å². The third-order valence-electron chi connectivity index (χ3n) is 3.74. The first-order chi connectivity index (χ1) is 10.2. The summed E-state index contributed by atoms with van der Waals surface area (Å²) in [5.74, 6) is 0.0470. The Balaban J connectivity index is 1.74. The van der Waals surface area contributed by atoms with Crippen LogP contribution in [0.1, 0.15) is 25.0 Å². The number of amides is 1. The van der Waals surface area contributed by atoms with Gasteiger partial charge in [0.2, 0.25) is 5.91 Å². The van der Waals surface area contributed by atoms with Gasteiger partial charge >= 0.3 is 0 Å². The number of aryl methyl sites for hydroxylation is 1. The van der Waals surface area contributed by atoms with Gasteiger partial charge in [-0.05, 0) is 44.5 Å². The number of nitrogens with zero attached hydrogens (tertiary/aromatic N) is 2. The molecular weight excluding hydrogens is 264 g/mol. The Morgan fingerprint density at radius 2 is 2.29 bits per heavy atom. The Morgan fingerprint density at radius 1 is 1.43 bits per heavy atom. The molecule has 1 saturated heterocycles. The van der Waals surface area contributed by atoms with Crippen LogP contribution in [0.4, 0.5) is 5.69 Å². The van der Waals surface area contributed by atoms with Gasteiger partial charge < -0.3 is 10.6 Å². The van der Waals surface area contributed by atoms with Crippen LogP contribution in [0.2, 0.25) is 0 Å². The van der Waals surface area contributed by atoms with E-state index in [-0.39, 0.29) is 5.91 Å². The molecule has 0 bridgehead atoms. The van der Waals surface area contributed by atoms with Gasteiger partial charge in [-0.2, -0.15) is 5.10 Å². The largest absolute Gasteiger partial charge is 0.324 e. The van der Waals surface area contributed by atoms with Gasteiger partial charge in [0.1, 0.15) is 0 Å². The van der Waals surface area contributed by atoms with Crippen LogP contribution >= 0.6 is 0 Å². The van der Waals surface area contributed by atoms with Crippen LogP contribution in [0, 0.1) is 6.92 Å². The smallest absolute Gasteiger partial charge is 0.225 e. The summed E-state index contributed by atoms with van der Waals surface area (Å²) in [6.45, 7) is 2.96. The molecule has 110 valence electrons. The van der Waals surface area contributed by atoms with Crippen LogP contribution < -0.4 is 10.6 Å². The van der Waals surface area contributed by atoms with Crippen molar-refractivity contribution in [2.24, 2.45) is 0 Å². The summed E-state index contributed by atoms with van der Waals surface area (Å²) in [7, 11) is 0. The molecule has 5 heteroatoms. The van der Waals surface area contributed by atoms with Gasteiger partial charge in [0.05, 0.1) is 17.1 Å². The van der Waals surface area contributed by atoms with Crippen LogP contribution in [0.3, 0.4) is 0 Å². The molecule has 2 N–H and O–H groups in total. The van der Waals surface area contributed by atoms with Gasteiger partial charge in [-0.1, -0.05) is 12.1 Å². The van der Waals surface area contributed by atoms with E-state index in [0.717, 1.165) is 36.5 Å². The molecule has 1 atom stereocenters. The number of benzene rings is 1. The monoisotopic (exact) mass is 284 g/mol. The third-order valence-corrected chi connectivity index (χ3v) is 3.74. The van der Waals surface area contributed by atoms with E-state index in [1.165, 1.54) is 0 Å². The third kappa shape index (κ3) is 3.31. The molecule has 1 aliphatic heterocycles. The van der Waals surface area contributed by atoms with Gasteiger partial charge in [-0.25, -0.2) is 4.68 Å². The number of carbonyl (C=O) groups excluding carboxylic acids is 1. The first-order valence-corrected chi connectivity index (χ1v) is 7.37. The van der Waals surface area contributed by atoms with Crippen LogP contribution in [-0.4, -0.2) is 28.3 Å². The summed E-state index contributed by atoms with van der Waals surface area (Å²) in [4.78, 5) is 12.2. The molecule has 1 aromatic heterocycles. The van der Waals surface area contributed by atoms with Crippen molar-refractivity contribution in [1.82, 2.24) is 15.1 Å². The molecule has 1 amide bonds. The van der Waals surface area contributed by atoms with E-state index in [0.29, 0.717) is 12.5 Å². The summed E-state index contributed by atoms with van der Waals surface area (Å²) in [6, 6.07) is 9.98. The Labute approximate surface area is 124 Å². The summed E-state index contributed by atoms with van der Waals surface area (Å²) in [6.07, 6.45) is 4.65. The van der Waals surface area contributed by atoms with E-state index in [2.05, 4.69) is 15.7 Å². The number of hydrogen-bond acceptors (Lipinski definition) is 3. The summed E-state index contributed by atoms with van der Waals surface area (Å²) in [5.41, 5.74) is 2.63. The molecule has 1 unspecified atom stereocenters. The molecule has 0 spiro atoms. The predicted octanol–water partition coefficient (Wildman–Crippen LogP) is 2.26. The second-order valence-corrected chi connectivity index (χ2v) is 5.46. The van der Waals surface area contributed by atoms with Crippen molar-refractivity contribution >= 4 is 11.6 Å². The number of nitrogens with one attached hydrogen (secondary N) is 2. The maximum atomic E-state index is 12.2. The summed E-state index contributed by atoms with van der Waals surface area (Å²) >= 11 is 0. The fraction of sp³-hybridized carbons (Fsp3) is 0.375. The number of carbonyl (C=O) groups is 1. The molecule has 1 aromatic carbocycles. The quantitative estimate of drug-likeness (QED) is 0.905. The van der Waals surface area contributed by atoms with E-state index in [9.17, 15) is 4.79 Å². The molecule has 2 heterocycles. The lowest BCUT2D eigenvalue weighted by atomic mass is 10.1. The topological polar surface area (TPSA) is 59.0 Å². The Morgan fingerprint density at radius 3 is 3.00 bits per heavy atom. The Hall–Kier alpha value is -2.14. The van der Waals surface area contributed by atoms with Crippen LogP contribution in [-0.2, 0) is 4.79 Å². The second kappa shape index (κ2) is 6.10. The van der Waals surface area contributed by atoms with Crippen LogP contribution in [0.5, 0.6) is 0 Å². The van der Waals surface area contributed by atoms with Crippen molar-refractivity contribution in [2.45, 2.75) is 32.2 Å². The van der Waals surface area contributed by atoms with Crippen molar-refractivity contribution < 1.29 is 4.79 Å². The molecule has 1 fully saturated rings. The highest BCUT2D eigenvalue weighted by molar-refractivity contribution is 5.93. The Kier molecular flexibility index (Phi) is 4.01. The summed E-state index contributed by atoms with van der Waals surface area (Å²) in [5, 5.41) is 10.8. The van der Waals surface area contributed by atoms with E-state index in [1.807, 2.05) is 43.5 Å². The van der Waals surface area contributed by atoms with Crippen LogP contribution in [0.25, 0.3) is 5.69 Å². The molecule has 5 nitrogen and oxygen atoms in total. The normalized spacial score (nSPS) is 17.9. The fourth-order valence-electron chi connectivity index (χ4n) is 2.68. The van der Waals surface area contributed by atoms with E-state index in [1.54, 1.807) is 4.68 Å². The van der Waals surface area contributed by atoms with Crippen molar-refractivity contribution in [1.29, 1.82) is 0 Å². The molecule has 2 aromatic rings. The first-order valence-electron chi connectivity index (χ1n) is 7.37. The standard InChI is InChI=1S/C16H20N4O/c1-12-8-10-20(19-12)15-7-3-2-6-14(15)18-16(21)11-13-5-4-9-17-13/h2-3,6-8,10,13,17H,4-5,9,11H2,1H3,(H,18,21). The van der Waals surface area contributed by atoms with Gasteiger partial charge in [0, 0.05) is 18.7 Å². The zero-order valence-electron chi connectivity index (χ0n) is 12.2. The zero-order chi connectivity index (χ0) is 14.7. The maximum Gasteiger partial charge on any atom is 0.225 e. The van der Waals surface area contributed by atoms with Gasteiger partial charge in [0.15, 0.2) is 0 Å². The van der Waals surface area contributed by atoms with Crippen LogP contribution in [0.15, 0.2) is 36.5 Å². The average Bonchev–Trinajstić information content (AvgIpc) is 3.11. The number of rotatable bonds is 4. The molecule has 21 heavy (non-hydrogen) atoms. The molecular formula is C16H20N4O. The zero-order valence-corrected chi connectivity index (χ0v) is 12.2. The second-order valence-electron chi connectivity index (χ2n) is 5.46. The highest BCUT2D eigenvalue weighted by Crippen LogP contribution is 2.20. The van der Waals surface area contributed by atoms with Gasteiger partial charge in [-0.3, -0.25) is 4.79 Å². The molecule has 0 saturated carbocycles. The molecule has 1 aliphatic rings. The van der Waals surface area contributed by atoms with Gasteiger partial charge in [0.25, 0.3) is 0 Å². The lowest BCUT2D eigenvalue weighted by Crippen LogP contribution is -2.27. The first kappa shape index (κ1) is 13.8. The number of para-hydroxylation sites is 2. The van der Waals surface area contributed by atoms with Crippen molar-refractivity contribution in [2.75, 3.05) is 11.9 Å². The van der Waals surface area contributed by atoms with Gasteiger partial charge in [-0.15, -0.1) is 0 Å². The Bertz CT molecular complexity index is 629. The lowest BCUT2D eigenvalue weighted by Gasteiger charge is -2.13. The van der Waals surface area contributed by atoms with Crippen molar-refractivity contribution in [3.63, 3.8) is 0 Å². The van der Waals surface area contributed by atoms with E-state index >= 15 is 0 Å². The number of hydrogen-bond donors (Lipinski definition) is 2. The van der Waals surface area contributed by atoms with E-state index < -0.39 is 0 Å². The minimum absolute atomic E-state index is 0.0470. The van der Waals surface area contributed by atoms with E-state index in [4.69, 9.17) is 0 Å². The fourth-order valence-corrected chi connectivity index (χ4v) is 2.68. The summed E-state index contributed by atoms with van der Waals surface area (Å²) < 4.78 is 1.79.